The van der Waals surface area contributed by atoms with E-state index in [1.165, 1.54) is 23.3 Å². The molecule has 0 radical (unpaired) electrons. The first-order valence-corrected chi connectivity index (χ1v) is 9.18. The van der Waals surface area contributed by atoms with E-state index in [9.17, 15) is 13.2 Å². The average molecular weight is 337 g/mol. The van der Waals surface area contributed by atoms with E-state index in [0.717, 1.165) is 24.2 Å². The molecule has 0 saturated carbocycles. The maximum Gasteiger partial charge on any atom is 0.345 e. The topological polar surface area (TPSA) is 83.5 Å². The third kappa shape index (κ3) is 2.92. The van der Waals surface area contributed by atoms with Crippen LogP contribution < -0.4 is 4.72 Å². The summed E-state index contributed by atoms with van der Waals surface area (Å²) in [6.45, 7) is 0.333. The molecule has 1 unspecified atom stereocenters. The Morgan fingerprint density at radius 1 is 1.27 bits per heavy atom. The molecule has 0 aliphatic heterocycles. The van der Waals surface area contributed by atoms with E-state index in [4.69, 9.17) is 5.11 Å². The van der Waals surface area contributed by atoms with Crippen molar-refractivity contribution in [2.45, 2.75) is 23.0 Å². The summed E-state index contributed by atoms with van der Waals surface area (Å²) < 4.78 is 27.1. The fourth-order valence-corrected chi connectivity index (χ4v) is 4.99. The minimum atomic E-state index is -3.66. The molecule has 1 heterocycles. The van der Waals surface area contributed by atoms with Gasteiger partial charge in [-0.15, -0.1) is 11.3 Å². The van der Waals surface area contributed by atoms with Crippen LogP contribution in [0.15, 0.2) is 40.6 Å². The van der Waals surface area contributed by atoms with Gasteiger partial charge in [0.25, 0.3) is 0 Å². The molecule has 22 heavy (non-hydrogen) atoms. The highest BCUT2D eigenvalue weighted by Crippen LogP contribution is 2.32. The maximum atomic E-state index is 12.2. The maximum absolute atomic E-state index is 12.2. The van der Waals surface area contributed by atoms with Gasteiger partial charge in [0.05, 0.1) is 0 Å². The summed E-state index contributed by atoms with van der Waals surface area (Å²) in [7, 11) is -3.66. The number of fused-ring (bicyclic) bond motifs is 1. The fourth-order valence-electron chi connectivity index (χ4n) is 2.72. The number of benzene rings is 1. The minimum absolute atomic E-state index is 0.0200. The number of rotatable bonds is 5. The van der Waals surface area contributed by atoms with Crippen LogP contribution in [0.3, 0.4) is 0 Å². The van der Waals surface area contributed by atoms with Crippen LogP contribution in [0.25, 0.3) is 0 Å². The van der Waals surface area contributed by atoms with Gasteiger partial charge in [-0.1, -0.05) is 24.3 Å². The van der Waals surface area contributed by atoms with Crippen LogP contribution in [0.2, 0.25) is 0 Å². The number of aryl methyl sites for hydroxylation is 1. The predicted molar refractivity (Wildman–Crippen MR) is 84.0 cm³/mol. The van der Waals surface area contributed by atoms with Crippen molar-refractivity contribution in [2.75, 3.05) is 6.54 Å². The van der Waals surface area contributed by atoms with E-state index >= 15 is 0 Å². The number of hydrogen-bond acceptors (Lipinski definition) is 4. The fraction of sp³-hybridized carbons (Fsp3) is 0.267. The van der Waals surface area contributed by atoms with E-state index in [2.05, 4.69) is 10.8 Å². The highest BCUT2D eigenvalue weighted by atomic mass is 32.2. The summed E-state index contributed by atoms with van der Waals surface area (Å²) >= 11 is 0.766. The zero-order valence-electron chi connectivity index (χ0n) is 11.7. The normalized spacial score (nSPS) is 17.4. The lowest BCUT2D eigenvalue weighted by Crippen LogP contribution is -2.27. The molecule has 3 rings (SSSR count). The smallest absolute Gasteiger partial charge is 0.345 e. The summed E-state index contributed by atoms with van der Waals surface area (Å²) in [4.78, 5) is 10.9. The van der Waals surface area contributed by atoms with Gasteiger partial charge in [0, 0.05) is 6.54 Å². The quantitative estimate of drug-likeness (QED) is 0.878. The molecule has 2 N–H and O–H groups in total. The molecule has 0 saturated heterocycles. The Morgan fingerprint density at radius 3 is 2.77 bits per heavy atom. The van der Waals surface area contributed by atoms with Crippen molar-refractivity contribution < 1.29 is 18.3 Å². The van der Waals surface area contributed by atoms with Gasteiger partial charge in [0.2, 0.25) is 10.0 Å². The molecule has 0 fully saturated rings. The first-order valence-electron chi connectivity index (χ1n) is 6.88. The van der Waals surface area contributed by atoms with Crippen LogP contribution in [0.5, 0.6) is 0 Å². The molecule has 116 valence electrons. The van der Waals surface area contributed by atoms with Crippen LogP contribution in [0.4, 0.5) is 0 Å². The van der Waals surface area contributed by atoms with Gasteiger partial charge in [-0.05, 0) is 42.0 Å². The summed E-state index contributed by atoms with van der Waals surface area (Å²) in [6.07, 6.45) is 1.89. The Labute approximate surface area is 132 Å². The number of nitrogens with one attached hydrogen (secondary N) is 1. The third-order valence-corrected chi connectivity index (χ3v) is 6.82. The van der Waals surface area contributed by atoms with Gasteiger partial charge in [-0.3, -0.25) is 0 Å². The third-order valence-electron chi connectivity index (χ3n) is 3.83. The van der Waals surface area contributed by atoms with E-state index in [0.29, 0.717) is 6.54 Å². The van der Waals surface area contributed by atoms with Crippen LogP contribution in [-0.4, -0.2) is 26.0 Å². The van der Waals surface area contributed by atoms with Crippen LogP contribution in [0, 0.1) is 0 Å². The lowest BCUT2D eigenvalue weighted by Gasteiger charge is -2.12. The number of carboxylic acid groups (broad SMARTS) is 1. The molecule has 2 aromatic rings. The molecule has 7 heteroatoms. The van der Waals surface area contributed by atoms with Crippen LogP contribution >= 0.6 is 11.3 Å². The number of carbonyl (C=O) groups is 1. The highest BCUT2D eigenvalue weighted by molar-refractivity contribution is 7.91. The first kappa shape index (κ1) is 15.2. The Balaban J connectivity index is 1.72. The van der Waals surface area contributed by atoms with E-state index in [1.54, 1.807) is 0 Å². The zero-order chi connectivity index (χ0) is 15.7. The van der Waals surface area contributed by atoms with Crippen molar-refractivity contribution in [3.8, 4) is 0 Å². The zero-order valence-corrected chi connectivity index (χ0v) is 13.3. The molecule has 0 bridgehead atoms. The molecule has 1 aromatic carbocycles. The van der Waals surface area contributed by atoms with Gasteiger partial charge in [-0.2, -0.15) is 0 Å². The molecule has 0 spiro atoms. The lowest BCUT2D eigenvalue weighted by atomic mass is 10.0. The predicted octanol–water partition coefficient (Wildman–Crippen LogP) is 2.45. The number of hydrogen-bond donors (Lipinski definition) is 2. The Bertz CT molecular complexity index is 810. The Hall–Kier alpha value is -1.70. The van der Waals surface area contributed by atoms with E-state index in [1.807, 2.05) is 18.2 Å². The number of sulfonamides is 1. The molecule has 0 amide bonds. The summed E-state index contributed by atoms with van der Waals surface area (Å²) in [5.41, 5.74) is 2.47. The molecular weight excluding hydrogens is 322 g/mol. The monoisotopic (exact) mass is 337 g/mol. The molecule has 1 aliphatic carbocycles. The second kappa shape index (κ2) is 5.83. The molecule has 1 atom stereocenters. The second-order valence-corrected chi connectivity index (χ2v) is 8.29. The Morgan fingerprint density at radius 2 is 2.05 bits per heavy atom. The first-order chi connectivity index (χ1) is 10.5. The average Bonchev–Trinajstić information content (AvgIpc) is 3.13. The van der Waals surface area contributed by atoms with Crippen molar-refractivity contribution >= 4 is 27.3 Å². The van der Waals surface area contributed by atoms with Gasteiger partial charge in [0.1, 0.15) is 9.09 Å². The second-order valence-electron chi connectivity index (χ2n) is 5.21. The standard InChI is InChI=1S/C15H15NO4S2/c17-15(18)13-7-8-14(21-13)22(19,20)16-9-11-6-5-10-3-1-2-4-12(10)11/h1-4,7-8,11,16H,5-6,9H2,(H,17,18). The van der Waals surface area contributed by atoms with E-state index < -0.39 is 16.0 Å². The number of thiophene rings is 1. The van der Waals surface area contributed by atoms with Crippen LogP contribution in [-0.2, 0) is 16.4 Å². The van der Waals surface area contributed by atoms with Crippen molar-refractivity contribution in [1.82, 2.24) is 4.72 Å². The summed E-state index contributed by atoms with van der Waals surface area (Å²) in [5, 5.41) is 8.87. The number of aromatic carboxylic acids is 1. The molecule has 5 nitrogen and oxygen atoms in total. The minimum Gasteiger partial charge on any atom is -0.477 e. The SMILES string of the molecule is O=C(O)c1ccc(S(=O)(=O)NCC2CCc3ccccc32)s1. The van der Waals surface area contributed by atoms with Crippen molar-refractivity contribution in [2.24, 2.45) is 0 Å². The van der Waals surface area contributed by atoms with Gasteiger partial charge < -0.3 is 5.11 Å². The van der Waals surface area contributed by atoms with Crippen molar-refractivity contribution in [3.05, 3.63) is 52.4 Å². The van der Waals surface area contributed by atoms with Gasteiger partial charge in [-0.25, -0.2) is 17.9 Å². The summed E-state index contributed by atoms with van der Waals surface area (Å²) in [6, 6.07) is 10.7. The van der Waals surface area contributed by atoms with Gasteiger partial charge in [0.15, 0.2) is 0 Å². The summed E-state index contributed by atoms with van der Waals surface area (Å²) in [5.74, 6) is -0.943. The van der Waals surface area contributed by atoms with Crippen molar-refractivity contribution in [3.63, 3.8) is 0 Å². The van der Waals surface area contributed by atoms with Crippen molar-refractivity contribution in [1.29, 1.82) is 0 Å². The Kier molecular flexibility index (Phi) is 4.03. The molecule has 1 aliphatic rings. The molecular formula is C15H15NO4S2. The molecule has 1 aromatic heterocycles. The lowest BCUT2D eigenvalue weighted by molar-refractivity contribution is 0.0702. The largest absolute Gasteiger partial charge is 0.477 e. The van der Waals surface area contributed by atoms with Crippen LogP contribution in [0.1, 0.15) is 33.1 Å². The van der Waals surface area contributed by atoms with E-state index in [-0.39, 0.29) is 15.0 Å². The highest BCUT2D eigenvalue weighted by Gasteiger charge is 2.25. The number of carboxylic acids is 1. The van der Waals surface area contributed by atoms with Gasteiger partial charge >= 0.3 is 5.97 Å².